The molecule has 0 N–H and O–H groups in total. The minimum atomic E-state index is -0.167. The molecule has 2 rings (SSSR count). The van der Waals surface area contributed by atoms with Crippen LogP contribution in [-0.4, -0.2) is 0 Å². The Balaban J connectivity index is 1.93. The normalized spacial score (nSPS) is 24.7. The van der Waals surface area contributed by atoms with Gasteiger partial charge < -0.3 is 0 Å². The van der Waals surface area contributed by atoms with E-state index in [0.29, 0.717) is 11.8 Å². The average Bonchev–Trinajstić information content (AvgIpc) is 2.38. The number of benzene rings is 1. The maximum atomic E-state index is 12.8. The maximum Gasteiger partial charge on any atom is 0.123 e. The summed E-state index contributed by atoms with van der Waals surface area (Å²) < 4.78 is 12.8. The van der Waals surface area contributed by atoms with Crippen molar-refractivity contribution in [2.24, 2.45) is 5.92 Å². The molecule has 0 atom stereocenters. The highest BCUT2D eigenvalue weighted by Gasteiger charge is 2.20. The molecule has 0 heterocycles. The largest absolute Gasteiger partial charge is 0.207 e. The van der Waals surface area contributed by atoms with E-state index in [1.54, 1.807) is 6.08 Å². The summed E-state index contributed by atoms with van der Waals surface area (Å²) in [6.45, 7) is 0. The molecular weight excluding hydrogens is 213 g/mol. The van der Waals surface area contributed by atoms with Gasteiger partial charge in [-0.25, -0.2) is 4.39 Å². The van der Waals surface area contributed by atoms with Gasteiger partial charge in [0.2, 0.25) is 0 Å². The van der Waals surface area contributed by atoms with Crippen molar-refractivity contribution in [3.05, 3.63) is 47.8 Å². The lowest BCUT2D eigenvalue weighted by Gasteiger charge is -2.26. The van der Waals surface area contributed by atoms with Crippen molar-refractivity contribution in [1.29, 1.82) is 5.26 Å². The van der Waals surface area contributed by atoms with E-state index >= 15 is 0 Å². The van der Waals surface area contributed by atoms with Crippen molar-refractivity contribution in [2.45, 2.75) is 31.6 Å². The van der Waals surface area contributed by atoms with Gasteiger partial charge in [0.25, 0.3) is 0 Å². The number of halogens is 1. The summed E-state index contributed by atoms with van der Waals surface area (Å²) in [5.74, 6) is 0.938. The molecule has 0 radical (unpaired) electrons. The first kappa shape index (κ1) is 11.9. The molecule has 0 aromatic heterocycles. The van der Waals surface area contributed by atoms with Crippen LogP contribution in [0.5, 0.6) is 0 Å². The summed E-state index contributed by atoms with van der Waals surface area (Å²) in [5.41, 5.74) is 1.24. The van der Waals surface area contributed by atoms with Crippen LogP contribution in [0.3, 0.4) is 0 Å². The molecule has 1 aromatic carbocycles. The monoisotopic (exact) mass is 229 g/mol. The Bertz CT molecular complexity index is 419. The van der Waals surface area contributed by atoms with Crippen LogP contribution in [0, 0.1) is 23.1 Å². The molecule has 0 spiro atoms. The first-order valence-corrected chi connectivity index (χ1v) is 6.11. The second-order valence-corrected chi connectivity index (χ2v) is 4.65. The fourth-order valence-electron chi connectivity index (χ4n) is 2.56. The SMILES string of the molecule is N#C/C=C/[C@H]1CC[C@H](c2ccc(F)cc2)CC1. The first-order valence-electron chi connectivity index (χ1n) is 6.11. The fourth-order valence-corrected chi connectivity index (χ4v) is 2.56. The Kier molecular flexibility index (Phi) is 3.93. The standard InChI is InChI=1S/C15H16FN/c16-15-9-7-14(8-10-15)13-5-3-12(4-6-13)2-1-11-17/h1-2,7-10,12-13H,3-6H2/b2-1+/t12-,13-. The van der Waals surface area contributed by atoms with E-state index in [1.807, 2.05) is 24.3 Å². The van der Waals surface area contributed by atoms with E-state index < -0.39 is 0 Å². The van der Waals surface area contributed by atoms with Crippen LogP contribution in [0.4, 0.5) is 4.39 Å². The molecule has 1 aromatic rings. The van der Waals surface area contributed by atoms with Crippen molar-refractivity contribution in [1.82, 2.24) is 0 Å². The minimum absolute atomic E-state index is 0.167. The van der Waals surface area contributed by atoms with Crippen LogP contribution in [0.1, 0.15) is 37.2 Å². The second-order valence-electron chi connectivity index (χ2n) is 4.65. The van der Waals surface area contributed by atoms with Gasteiger partial charge in [-0.15, -0.1) is 0 Å². The van der Waals surface area contributed by atoms with Crippen molar-refractivity contribution >= 4 is 0 Å². The zero-order chi connectivity index (χ0) is 12.1. The third-order valence-corrected chi connectivity index (χ3v) is 3.56. The van der Waals surface area contributed by atoms with Crippen molar-refractivity contribution in [3.8, 4) is 6.07 Å². The number of allylic oxidation sites excluding steroid dienone is 2. The van der Waals surface area contributed by atoms with Crippen molar-refractivity contribution in [2.75, 3.05) is 0 Å². The quantitative estimate of drug-likeness (QED) is 0.698. The van der Waals surface area contributed by atoms with Crippen molar-refractivity contribution < 1.29 is 4.39 Å². The lowest BCUT2D eigenvalue weighted by atomic mass is 9.78. The van der Waals surface area contributed by atoms with E-state index in [2.05, 4.69) is 0 Å². The van der Waals surface area contributed by atoms with Gasteiger partial charge in [0, 0.05) is 6.08 Å². The second kappa shape index (κ2) is 5.63. The summed E-state index contributed by atoms with van der Waals surface area (Å²) in [5, 5.41) is 8.48. The molecule has 1 nitrogen and oxygen atoms in total. The Labute approximate surface area is 102 Å². The van der Waals surface area contributed by atoms with Gasteiger partial charge in [0.15, 0.2) is 0 Å². The molecule has 2 heteroatoms. The number of nitriles is 1. The smallest absolute Gasteiger partial charge is 0.123 e. The molecule has 1 saturated carbocycles. The molecular formula is C15H16FN. The van der Waals surface area contributed by atoms with Gasteiger partial charge in [-0.2, -0.15) is 5.26 Å². The molecule has 17 heavy (non-hydrogen) atoms. The Hall–Kier alpha value is -1.62. The number of nitrogens with zero attached hydrogens (tertiary/aromatic N) is 1. The van der Waals surface area contributed by atoms with Gasteiger partial charge in [0.05, 0.1) is 6.07 Å². The average molecular weight is 229 g/mol. The summed E-state index contributed by atoms with van der Waals surface area (Å²) in [6.07, 6.45) is 8.11. The number of rotatable bonds is 2. The lowest BCUT2D eigenvalue weighted by molar-refractivity contribution is 0.376. The molecule has 1 aliphatic carbocycles. The highest BCUT2D eigenvalue weighted by Crippen LogP contribution is 2.36. The van der Waals surface area contributed by atoms with Gasteiger partial charge in [-0.3, -0.25) is 0 Å². The zero-order valence-electron chi connectivity index (χ0n) is 9.77. The molecule has 1 aliphatic rings. The Morgan fingerprint density at radius 3 is 2.35 bits per heavy atom. The van der Waals surface area contributed by atoms with Crippen LogP contribution in [0.25, 0.3) is 0 Å². The Morgan fingerprint density at radius 1 is 1.12 bits per heavy atom. The number of hydrogen-bond acceptors (Lipinski definition) is 1. The van der Waals surface area contributed by atoms with Crippen LogP contribution in [0.15, 0.2) is 36.4 Å². The van der Waals surface area contributed by atoms with E-state index in [9.17, 15) is 4.39 Å². The topological polar surface area (TPSA) is 23.8 Å². The van der Waals surface area contributed by atoms with Crippen LogP contribution < -0.4 is 0 Å². The van der Waals surface area contributed by atoms with Gasteiger partial charge >= 0.3 is 0 Å². The zero-order valence-corrected chi connectivity index (χ0v) is 9.77. The summed E-state index contributed by atoms with van der Waals surface area (Å²) >= 11 is 0. The van der Waals surface area contributed by atoms with Gasteiger partial charge in [0.1, 0.15) is 5.82 Å². The first-order chi connectivity index (χ1) is 8.29. The molecule has 0 unspecified atom stereocenters. The predicted octanol–water partition coefficient (Wildman–Crippen LogP) is 4.18. The van der Waals surface area contributed by atoms with E-state index in [-0.39, 0.29) is 5.82 Å². The van der Waals surface area contributed by atoms with E-state index in [0.717, 1.165) is 25.7 Å². The lowest BCUT2D eigenvalue weighted by Crippen LogP contribution is -2.11. The van der Waals surface area contributed by atoms with E-state index in [4.69, 9.17) is 5.26 Å². The van der Waals surface area contributed by atoms with Gasteiger partial charge in [-0.05, 0) is 55.2 Å². The minimum Gasteiger partial charge on any atom is -0.207 e. The third kappa shape index (κ3) is 3.17. The molecule has 0 saturated heterocycles. The maximum absolute atomic E-state index is 12.8. The summed E-state index contributed by atoms with van der Waals surface area (Å²) in [7, 11) is 0. The van der Waals surface area contributed by atoms with E-state index in [1.165, 1.54) is 17.7 Å². The Morgan fingerprint density at radius 2 is 1.76 bits per heavy atom. The molecule has 0 amide bonds. The summed E-state index contributed by atoms with van der Waals surface area (Å²) in [4.78, 5) is 0. The number of hydrogen-bond donors (Lipinski definition) is 0. The molecule has 1 fully saturated rings. The molecule has 0 aliphatic heterocycles. The third-order valence-electron chi connectivity index (χ3n) is 3.56. The van der Waals surface area contributed by atoms with Gasteiger partial charge in [-0.1, -0.05) is 18.2 Å². The van der Waals surface area contributed by atoms with Crippen LogP contribution in [-0.2, 0) is 0 Å². The highest BCUT2D eigenvalue weighted by atomic mass is 19.1. The molecule has 88 valence electrons. The fraction of sp³-hybridized carbons (Fsp3) is 0.400. The van der Waals surface area contributed by atoms with Crippen LogP contribution >= 0.6 is 0 Å². The van der Waals surface area contributed by atoms with Crippen LogP contribution in [0.2, 0.25) is 0 Å². The summed E-state index contributed by atoms with van der Waals surface area (Å²) in [6, 6.07) is 8.91. The van der Waals surface area contributed by atoms with Crippen molar-refractivity contribution in [3.63, 3.8) is 0 Å². The molecule has 0 bridgehead atoms. The predicted molar refractivity (Wildman–Crippen MR) is 65.9 cm³/mol. The highest BCUT2D eigenvalue weighted by molar-refractivity contribution is 5.21.